The molecule has 0 spiro atoms. The molecule has 0 radical (unpaired) electrons. The molecule has 0 bridgehead atoms. The smallest absolute Gasteiger partial charge is 0.119 e. The van der Waals surface area contributed by atoms with Gasteiger partial charge in [-0.3, -0.25) is 4.98 Å². The topological polar surface area (TPSA) is 36.4 Å². The molecule has 0 saturated heterocycles. The Hall–Kier alpha value is -2.13. The third-order valence-corrected chi connectivity index (χ3v) is 3.91. The van der Waals surface area contributed by atoms with Gasteiger partial charge in [0.2, 0.25) is 0 Å². The van der Waals surface area contributed by atoms with Crippen LogP contribution >= 0.6 is 0 Å². The standard InChI is InChI=1S/C18H20N2O/c1-20(2)12-14-8-9-15-16(6-3-7-17(15)21)18(14)13-5-4-10-19-11-13/h3-7,10-11,21H,8-9,12H2,1-2H3. The van der Waals surface area contributed by atoms with Crippen LogP contribution in [0.2, 0.25) is 0 Å². The highest BCUT2D eigenvalue weighted by Gasteiger charge is 2.22. The van der Waals surface area contributed by atoms with Gasteiger partial charge in [0.25, 0.3) is 0 Å². The number of pyridine rings is 1. The predicted octanol–water partition coefficient (Wildman–Crippen LogP) is 3.10. The third-order valence-electron chi connectivity index (χ3n) is 3.91. The minimum atomic E-state index is 0.401. The summed E-state index contributed by atoms with van der Waals surface area (Å²) in [5.74, 6) is 0.401. The summed E-state index contributed by atoms with van der Waals surface area (Å²) < 4.78 is 0. The summed E-state index contributed by atoms with van der Waals surface area (Å²) in [4.78, 5) is 6.45. The molecule has 0 amide bonds. The van der Waals surface area contributed by atoms with Gasteiger partial charge in [0.05, 0.1) is 0 Å². The summed E-state index contributed by atoms with van der Waals surface area (Å²) in [5.41, 5.74) is 5.96. The zero-order valence-electron chi connectivity index (χ0n) is 12.5. The second-order valence-corrected chi connectivity index (χ2v) is 5.76. The van der Waals surface area contributed by atoms with Crippen LogP contribution in [0.25, 0.3) is 5.57 Å². The van der Waals surface area contributed by atoms with E-state index >= 15 is 0 Å². The van der Waals surface area contributed by atoms with Gasteiger partial charge in [0.15, 0.2) is 0 Å². The molecule has 1 heterocycles. The number of nitrogens with zero attached hydrogens (tertiary/aromatic N) is 2. The van der Waals surface area contributed by atoms with Gasteiger partial charge in [-0.1, -0.05) is 18.2 Å². The highest BCUT2D eigenvalue weighted by Crippen LogP contribution is 2.39. The van der Waals surface area contributed by atoms with E-state index in [1.165, 1.54) is 11.1 Å². The Morgan fingerprint density at radius 1 is 1.14 bits per heavy atom. The van der Waals surface area contributed by atoms with Crippen molar-refractivity contribution in [2.24, 2.45) is 0 Å². The lowest BCUT2D eigenvalue weighted by Gasteiger charge is -2.26. The van der Waals surface area contributed by atoms with Gasteiger partial charge in [-0.25, -0.2) is 0 Å². The number of aromatic hydroxyl groups is 1. The van der Waals surface area contributed by atoms with Crippen molar-refractivity contribution in [3.8, 4) is 5.75 Å². The van der Waals surface area contributed by atoms with Crippen LogP contribution in [0.3, 0.4) is 0 Å². The number of benzene rings is 1. The summed E-state index contributed by atoms with van der Waals surface area (Å²) in [6.45, 7) is 0.930. The molecule has 1 aliphatic carbocycles. The van der Waals surface area contributed by atoms with E-state index in [0.29, 0.717) is 5.75 Å². The zero-order chi connectivity index (χ0) is 14.8. The Morgan fingerprint density at radius 3 is 2.71 bits per heavy atom. The van der Waals surface area contributed by atoms with E-state index in [2.05, 4.69) is 36.1 Å². The number of likely N-dealkylation sites (N-methyl/N-ethyl adjacent to an activating group) is 1. The molecular formula is C18H20N2O. The van der Waals surface area contributed by atoms with Gasteiger partial charge in [0.1, 0.15) is 5.75 Å². The number of aromatic nitrogens is 1. The first kappa shape index (κ1) is 13.8. The van der Waals surface area contributed by atoms with E-state index in [1.54, 1.807) is 12.3 Å². The minimum absolute atomic E-state index is 0.401. The lowest BCUT2D eigenvalue weighted by Crippen LogP contribution is -2.19. The second kappa shape index (κ2) is 5.70. The van der Waals surface area contributed by atoms with Crippen molar-refractivity contribution in [2.75, 3.05) is 20.6 Å². The lowest BCUT2D eigenvalue weighted by molar-refractivity contribution is 0.437. The Kier molecular flexibility index (Phi) is 3.76. The molecule has 1 aromatic carbocycles. The number of fused-ring (bicyclic) bond motifs is 1. The van der Waals surface area contributed by atoms with Crippen LogP contribution in [0.1, 0.15) is 23.1 Å². The molecule has 1 aliphatic rings. The van der Waals surface area contributed by atoms with Crippen LogP contribution in [0.5, 0.6) is 5.75 Å². The molecule has 1 aromatic heterocycles. The quantitative estimate of drug-likeness (QED) is 0.938. The van der Waals surface area contributed by atoms with Crippen molar-refractivity contribution >= 4 is 5.57 Å². The van der Waals surface area contributed by atoms with Gasteiger partial charge in [-0.15, -0.1) is 0 Å². The monoisotopic (exact) mass is 280 g/mol. The minimum Gasteiger partial charge on any atom is -0.508 e. The summed E-state index contributed by atoms with van der Waals surface area (Å²) in [6, 6.07) is 9.86. The van der Waals surface area contributed by atoms with E-state index in [0.717, 1.165) is 36.1 Å². The Morgan fingerprint density at radius 2 is 2.00 bits per heavy atom. The number of phenols is 1. The predicted molar refractivity (Wildman–Crippen MR) is 85.2 cm³/mol. The van der Waals surface area contributed by atoms with E-state index in [-0.39, 0.29) is 0 Å². The van der Waals surface area contributed by atoms with Gasteiger partial charge in [-0.05, 0) is 55.8 Å². The van der Waals surface area contributed by atoms with Crippen molar-refractivity contribution in [1.82, 2.24) is 9.88 Å². The number of hydrogen-bond donors (Lipinski definition) is 1. The lowest BCUT2D eigenvalue weighted by atomic mass is 9.82. The first-order chi connectivity index (χ1) is 10.2. The average Bonchev–Trinajstić information content (AvgIpc) is 2.47. The SMILES string of the molecule is CN(C)CC1=C(c2cccnc2)c2cccc(O)c2CC1. The van der Waals surface area contributed by atoms with Crippen LogP contribution in [0.15, 0.2) is 48.3 Å². The van der Waals surface area contributed by atoms with Crippen LogP contribution in [-0.4, -0.2) is 35.6 Å². The number of phenolic OH excluding ortho intramolecular Hbond substituents is 1. The molecule has 21 heavy (non-hydrogen) atoms. The highest BCUT2D eigenvalue weighted by atomic mass is 16.3. The molecule has 1 N–H and O–H groups in total. The maximum Gasteiger partial charge on any atom is 0.119 e. The van der Waals surface area contributed by atoms with Crippen molar-refractivity contribution < 1.29 is 5.11 Å². The normalized spacial score (nSPS) is 14.4. The van der Waals surface area contributed by atoms with E-state index < -0.39 is 0 Å². The van der Waals surface area contributed by atoms with Crippen LogP contribution in [0.4, 0.5) is 0 Å². The van der Waals surface area contributed by atoms with Gasteiger partial charge in [-0.2, -0.15) is 0 Å². The zero-order valence-corrected chi connectivity index (χ0v) is 12.5. The maximum atomic E-state index is 10.1. The molecule has 108 valence electrons. The Bertz CT molecular complexity index is 675. The second-order valence-electron chi connectivity index (χ2n) is 5.76. The first-order valence-corrected chi connectivity index (χ1v) is 7.25. The largest absolute Gasteiger partial charge is 0.508 e. The fourth-order valence-corrected chi connectivity index (χ4v) is 3.07. The molecule has 0 aliphatic heterocycles. The van der Waals surface area contributed by atoms with Crippen molar-refractivity contribution in [1.29, 1.82) is 0 Å². The van der Waals surface area contributed by atoms with E-state index in [4.69, 9.17) is 0 Å². The summed E-state index contributed by atoms with van der Waals surface area (Å²) in [6.07, 6.45) is 5.58. The molecule has 2 aromatic rings. The van der Waals surface area contributed by atoms with Gasteiger partial charge in [0, 0.05) is 30.1 Å². The number of hydrogen-bond acceptors (Lipinski definition) is 3. The fourth-order valence-electron chi connectivity index (χ4n) is 3.07. The summed E-state index contributed by atoms with van der Waals surface area (Å²) in [5, 5.41) is 10.1. The highest BCUT2D eigenvalue weighted by molar-refractivity contribution is 5.85. The van der Waals surface area contributed by atoms with Crippen molar-refractivity contribution in [2.45, 2.75) is 12.8 Å². The van der Waals surface area contributed by atoms with Crippen molar-refractivity contribution in [3.63, 3.8) is 0 Å². The number of rotatable bonds is 3. The van der Waals surface area contributed by atoms with Crippen LogP contribution in [0, 0.1) is 0 Å². The van der Waals surface area contributed by atoms with E-state index in [1.807, 2.05) is 18.3 Å². The van der Waals surface area contributed by atoms with Crippen LogP contribution < -0.4 is 0 Å². The Balaban J connectivity index is 2.20. The molecule has 0 unspecified atom stereocenters. The first-order valence-electron chi connectivity index (χ1n) is 7.25. The third kappa shape index (κ3) is 2.69. The average molecular weight is 280 g/mol. The fraction of sp³-hybridized carbons (Fsp3) is 0.278. The molecular weight excluding hydrogens is 260 g/mol. The molecule has 0 atom stereocenters. The molecule has 3 nitrogen and oxygen atoms in total. The molecule has 3 heteroatoms. The van der Waals surface area contributed by atoms with E-state index in [9.17, 15) is 5.11 Å². The Labute approximate surface area is 125 Å². The molecule has 3 rings (SSSR count). The molecule has 0 fully saturated rings. The van der Waals surface area contributed by atoms with Gasteiger partial charge < -0.3 is 10.0 Å². The van der Waals surface area contributed by atoms with Gasteiger partial charge >= 0.3 is 0 Å². The summed E-state index contributed by atoms with van der Waals surface area (Å²) in [7, 11) is 4.18. The summed E-state index contributed by atoms with van der Waals surface area (Å²) >= 11 is 0. The molecule has 0 saturated carbocycles. The van der Waals surface area contributed by atoms with Crippen LogP contribution in [-0.2, 0) is 6.42 Å². The maximum absolute atomic E-state index is 10.1. The van der Waals surface area contributed by atoms with Crippen molar-refractivity contribution in [3.05, 3.63) is 65.0 Å².